The number of nitrogens with one attached hydrogen (secondary N) is 2. The molecule has 0 aliphatic rings. The molecule has 0 aliphatic heterocycles. The Kier molecular flexibility index (Phi) is 6.85. The van der Waals surface area contributed by atoms with Gasteiger partial charge in [-0.3, -0.25) is 19.1 Å². The molecule has 0 saturated carbocycles. The molecule has 0 saturated heterocycles. The molecule has 3 aromatic heterocycles. The highest BCUT2D eigenvalue weighted by Crippen LogP contribution is 2.24. The summed E-state index contributed by atoms with van der Waals surface area (Å²) < 4.78 is 17.2. The van der Waals surface area contributed by atoms with Crippen molar-refractivity contribution in [3.8, 4) is 17.1 Å². The van der Waals surface area contributed by atoms with Crippen LogP contribution in [0.3, 0.4) is 0 Å². The van der Waals surface area contributed by atoms with Crippen LogP contribution in [0.15, 0.2) is 84.2 Å². The Labute approximate surface area is 218 Å². The van der Waals surface area contributed by atoms with Crippen molar-refractivity contribution >= 4 is 22.5 Å². The van der Waals surface area contributed by atoms with Gasteiger partial charge in [-0.05, 0) is 62.4 Å². The van der Waals surface area contributed by atoms with Gasteiger partial charge in [-0.15, -0.1) is 0 Å². The maximum absolute atomic E-state index is 13.7. The van der Waals surface area contributed by atoms with Crippen molar-refractivity contribution < 1.29 is 9.18 Å². The molecular formula is C29H27FN6O2. The van der Waals surface area contributed by atoms with E-state index in [2.05, 4.69) is 20.6 Å². The Morgan fingerprint density at radius 1 is 1.08 bits per heavy atom. The molecule has 0 spiro atoms. The van der Waals surface area contributed by atoms with E-state index in [0.29, 0.717) is 5.82 Å². The molecule has 0 fully saturated rings. The molecule has 1 amide bonds. The highest BCUT2D eigenvalue weighted by atomic mass is 19.1. The summed E-state index contributed by atoms with van der Waals surface area (Å²) in [6.07, 6.45) is 6.67. The van der Waals surface area contributed by atoms with Crippen molar-refractivity contribution in [1.29, 1.82) is 0 Å². The van der Waals surface area contributed by atoms with Crippen LogP contribution >= 0.6 is 0 Å². The van der Waals surface area contributed by atoms with Gasteiger partial charge < -0.3 is 15.2 Å². The summed E-state index contributed by atoms with van der Waals surface area (Å²) in [6, 6.07) is 15.6. The Morgan fingerprint density at radius 3 is 2.68 bits per heavy atom. The van der Waals surface area contributed by atoms with Gasteiger partial charge in [0, 0.05) is 23.3 Å². The lowest BCUT2D eigenvalue weighted by Gasteiger charge is -2.17. The largest absolute Gasteiger partial charge is 0.319 e. The summed E-state index contributed by atoms with van der Waals surface area (Å²) in [4.78, 5) is 35.2. The van der Waals surface area contributed by atoms with Gasteiger partial charge in [0.2, 0.25) is 5.91 Å². The first kappa shape index (κ1) is 25.0. The number of benzene rings is 2. The lowest BCUT2D eigenvalue weighted by Crippen LogP contribution is -2.38. The highest BCUT2D eigenvalue weighted by Gasteiger charge is 2.18. The summed E-state index contributed by atoms with van der Waals surface area (Å²) in [6.45, 7) is 3.84. The topological polar surface area (TPSA) is 93.8 Å². The van der Waals surface area contributed by atoms with Gasteiger partial charge in [0.25, 0.3) is 5.56 Å². The van der Waals surface area contributed by atoms with Crippen molar-refractivity contribution in [3.05, 3.63) is 107 Å². The van der Waals surface area contributed by atoms with Gasteiger partial charge in [0.15, 0.2) is 0 Å². The van der Waals surface area contributed by atoms with Crippen molar-refractivity contribution in [1.82, 2.24) is 24.4 Å². The number of halogens is 1. The molecule has 38 heavy (non-hydrogen) atoms. The minimum absolute atomic E-state index is 0.0944. The second-order valence-corrected chi connectivity index (χ2v) is 9.14. The van der Waals surface area contributed by atoms with E-state index in [9.17, 15) is 14.0 Å². The third kappa shape index (κ3) is 4.83. The third-order valence-electron chi connectivity index (χ3n) is 6.57. The number of fused-ring (bicyclic) bond motifs is 1. The maximum atomic E-state index is 13.7. The monoisotopic (exact) mass is 510 g/mol. The smallest absolute Gasteiger partial charge is 0.277 e. The molecular weight excluding hydrogens is 483 g/mol. The van der Waals surface area contributed by atoms with Gasteiger partial charge in [-0.2, -0.15) is 0 Å². The van der Waals surface area contributed by atoms with E-state index in [1.54, 1.807) is 37.0 Å². The molecule has 9 heteroatoms. The fourth-order valence-corrected chi connectivity index (χ4v) is 4.35. The molecule has 2 N–H and O–H groups in total. The van der Waals surface area contributed by atoms with E-state index in [0.717, 1.165) is 33.3 Å². The summed E-state index contributed by atoms with van der Waals surface area (Å²) >= 11 is 0. The van der Waals surface area contributed by atoms with Crippen LogP contribution in [0, 0.1) is 12.7 Å². The van der Waals surface area contributed by atoms with Crippen LogP contribution in [0.5, 0.6) is 0 Å². The SMILES string of the molecule is CN[C@@H](C)C(=O)Nc1cnc(-c2ccccc2C)n(Cc2cncc(-n3ccc4cc(F)ccc43)c2)c1=O. The quantitative estimate of drug-likeness (QED) is 0.341. The number of hydrogen-bond acceptors (Lipinski definition) is 5. The number of hydrogen-bond donors (Lipinski definition) is 2. The molecule has 5 rings (SSSR count). The molecule has 1 atom stereocenters. The lowest BCUT2D eigenvalue weighted by atomic mass is 10.1. The Morgan fingerprint density at radius 2 is 1.89 bits per heavy atom. The maximum Gasteiger partial charge on any atom is 0.277 e. The molecule has 5 aromatic rings. The van der Waals surface area contributed by atoms with Crippen LogP contribution in [0.25, 0.3) is 28.0 Å². The standard InChI is InChI=1S/C29H27FN6O2/c1-18-6-4-5-7-24(18)27-33-16-25(34-28(37)19(2)31-3)29(38)36(27)17-20-12-23(15-32-14-20)35-11-10-21-13-22(30)8-9-26(21)35/h4-16,19,31H,17H2,1-3H3,(H,34,37)/t19-/m0/s1. The van der Waals surface area contributed by atoms with E-state index < -0.39 is 6.04 Å². The Hall–Kier alpha value is -4.63. The predicted octanol–water partition coefficient (Wildman–Crippen LogP) is 4.29. The number of pyridine rings is 1. The third-order valence-corrected chi connectivity index (χ3v) is 6.57. The number of amides is 1. The van der Waals surface area contributed by atoms with Gasteiger partial charge in [0.05, 0.1) is 36.2 Å². The van der Waals surface area contributed by atoms with Crippen molar-refractivity contribution in [2.24, 2.45) is 0 Å². The molecule has 8 nitrogen and oxygen atoms in total. The molecule has 192 valence electrons. The van der Waals surface area contributed by atoms with Crippen LogP contribution in [0.4, 0.5) is 10.1 Å². The van der Waals surface area contributed by atoms with Crippen LogP contribution in [-0.4, -0.2) is 38.1 Å². The number of carbonyl (C=O) groups excluding carboxylic acids is 1. The molecule has 3 heterocycles. The number of carbonyl (C=O) groups is 1. The van der Waals surface area contributed by atoms with E-state index >= 15 is 0 Å². The molecule has 0 radical (unpaired) electrons. The number of aryl methyl sites for hydroxylation is 1. The normalized spacial score (nSPS) is 12.0. The van der Waals surface area contributed by atoms with Crippen LogP contribution in [0.2, 0.25) is 0 Å². The summed E-state index contributed by atoms with van der Waals surface area (Å²) in [5.41, 5.74) is 3.87. The zero-order chi connectivity index (χ0) is 26.8. The lowest BCUT2D eigenvalue weighted by molar-refractivity contribution is -0.117. The van der Waals surface area contributed by atoms with E-state index in [1.165, 1.54) is 18.3 Å². The average Bonchev–Trinajstić information content (AvgIpc) is 3.34. The second kappa shape index (κ2) is 10.4. The number of likely N-dealkylation sites (N-methyl/N-ethyl adjacent to an activating group) is 1. The van der Waals surface area contributed by atoms with Gasteiger partial charge in [0.1, 0.15) is 17.3 Å². The molecule has 0 aliphatic carbocycles. The second-order valence-electron chi connectivity index (χ2n) is 9.14. The first-order valence-corrected chi connectivity index (χ1v) is 12.2. The van der Waals surface area contributed by atoms with Crippen molar-refractivity contribution in [3.63, 3.8) is 0 Å². The minimum atomic E-state index is -0.482. The van der Waals surface area contributed by atoms with E-state index in [1.807, 2.05) is 54.1 Å². The molecule has 0 unspecified atom stereocenters. The van der Waals surface area contributed by atoms with Crippen molar-refractivity contribution in [2.75, 3.05) is 12.4 Å². The number of rotatable bonds is 7. The number of aromatic nitrogens is 4. The van der Waals surface area contributed by atoms with Crippen molar-refractivity contribution in [2.45, 2.75) is 26.4 Å². The van der Waals surface area contributed by atoms with Gasteiger partial charge in [-0.25, -0.2) is 9.37 Å². The van der Waals surface area contributed by atoms with Crippen LogP contribution in [-0.2, 0) is 11.3 Å². The minimum Gasteiger partial charge on any atom is -0.319 e. The number of nitrogens with zero attached hydrogens (tertiary/aromatic N) is 4. The van der Waals surface area contributed by atoms with E-state index in [4.69, 9.17) is 0 Å². The first-order chi connectivity index (χ1) is 18.4. The zero-order valence-electron chi connectivity index (χ0n) is 21.3. The first-order valence-electron chi connectivity index (χ1n) is 12.2. The fraction of sp³-hybridized carbons (Fsp3) is 0.172. The highest BCUT2D eigenvalue weighted by molar-refractivity contribution is 5.94. The van der Waals surface area contributed by atoms with Crippen LogP contribution < -0.4 is 16.2 Å². The predicted molar refractivity (Wildman–Crippen MR) is 146 cm³/mol. The summed E-state index contributed by atoms with van der Waals surface area (Å²) in [5, 5.41) is 6.33. The average molecular weight is 511 g/mol. The zero-order valence-corrected chi connectivity index (χ0v) is 21.3. The van der Waals surface area contributed by atoms with Gasteiger partial charge in [-0.1, -0.05) is 24.3 Å². The van der Waals surface area contributed by atoms with Crippen LogP contribution in [0.1, 0.15) is 18.1 Å². The molecule has 2 aromatic carbocycles. The van der Waals surface area contributed by atoms with Gasteiger partial charge >= 0.3 is 0 Å². The number of anilines is 1. The Balaban J connectivity index is 1.58. The molecule has 0 bridgehead atoms. The summed E-state index contributed by atoms with van der Waals surface area (Å²) in [5.74, 6) is -0.143. The summed E-state index contributed by atoms with van der Waals surface area (Å²) in [7, 11) is 1.67. The fourth-order valence-electron chi connectivity index (χ4n) is 4.35. The van der Waals surface area contributed by atoms with E-state index in [-0.39, 0.29) is 29.5 Å². The Bertz CT molecular complexity index is 1710.